The maximum absolute atomic E-state index is 13.9. The van der Waals surface area contributed by atoms with Crippen molar-refractivity contribution in [2.75, 3.05) is 40.0 Å². The quantitative estimate of drug-likeness (QED) is 0.835. The monoisotopic (exact) mass is 336 g/mol. The Balaban J connectivity index is 1.75. The van der Waals surface area contributed by atoms with Gasteiger partial charge in [-0.1, -0.05) is 0 Å². The molecule has 2 amide bonds. The van der Waals surface area contributed by atoms with Gasteiger partial charge in [0.15, 0.2) is 11.6 Å². The molecule has 130 valence electrons. The number of carbonyl (C=O) groups is 2. The number of carbonyl (C=O) groups excluding carboxylic acids is 2. The molecule has 2 aliphatic rings. The summed E-state index contributed by atoms with van der Waals surface area (Å²) in [5.41, 5.74) is 0.231. The summed E-state index contributed by atoms with van der Waals surface area (Å²) in [6, 6.07) is 3.65. The molecule has 1 aromatic rings. The highest BCUT2D eigenvalue weighted by Crippen LogP contribution is 2.24. The molecule has 2 saturated heterocycles. The van der Waals surface area contributed by atoms with Crippen molar-refractivity contribution in [2.45, 2.75) is 18.9 Å². The smallest absolute Gasteiger partial charge is 0.254 e. The molecule has 0 unspecified atom stereocenters. The van der Waals surface area contributed by atoms with Crippen molar-refractivity contribution in [1.29, 1.82) is 0 Å². The lowest BCUT2D eigenvalue weighted by molar-refractivity contribution is -0.139. The highest BCUT2D eigenvalue weighted by molar-refractivity contribution is 5.98. The number of likely N-dealkylation sites (tertiary alicyclic amines) is 1. The predicted octanol–water partition coefficient (Wildman–Crippen LogP) is 1.30. The van der Waals surface area contributed by atoms with Gasteiger partial charge in [0, 0.05) is 25.2 Å². The third-order valence-electron chi connectivity index (χ3n) is 4.52. The number of hydrogen-bond donors (Lipinski definition) is 0. The third kappa shape index (κ3) is 3.21. The molecular weight excluding hydrogens is 315 g/mol. The van der Waals surface area contributed by atoms with Crippen molar-refractivity contribution in [1.82, 2.24) is 9.80 Å². The Hall–Kier alpha value is -2.15. The Morgan fingerprint density at radius 2 is 2.00 bits per heavy atom. The SMILES string of the molecule is COc1ccc(C(=O)N2CCC[C@H]2C(=O)N2CCOCC2)cc1F. The standard InChI is InChI=1S/C17H21FN2O4/c1-23-15-5-4-12(11-13(15)18)16(21)20-6-2-3-14(20)17(22)19-7-9-24-10-8-19/h4-5,11,14H,2-3,6-10H2,1H3/t14-/m0/s1. The first-order chi connectivity index (χ1) is 11.6. The van der Waals surface area contributed by atoms with Gasteiger partial charge in [0.25, 0.3) is 5.91 Å². The first-order valence-electron chi connectivity index (χ1n) is 8.13. The molecule has 7 heteroatoms. The van der Waals surface area contributed by atoms with Gasteiger partial charge in [-0.15, -0.1) is 0 Å². The van der Waals surface area contributed by atoms with Gasteiger partial charge in [-0.05, 0) is 31.0 Å². The average molecular weight is 336 g/mol. The van der Waals surface area contributed by atoms with Crippen LogP contribution in [-0.2, 0) is 9.53 Å². The molecule has 0 spiro atoms. The Morgan fingerprint density at radius 3 is 2.67 bits per heavy atom. The molecule has 2 fully saturated rings. The maximum atomic E-state index is 13.9. The largest absolute Gasteiger partial charge is 0.494 e. The van der Waals surface area contributed by atoms with Crippen molar-refractivity contribution in [3.05, 3.63) is 29.6 Å². The molecule has 6 nitrogen and oxygen atoms in total. The van der Waals surface area contributed by atoms with Crippen LogP contribution in [0.4, 0.5) is 4.39 Å². The van der Waals surface area contributed by atoms with Gasteiger partial charge in [-0.25, -0.2) is 4.39 Å². The molecule has 0 aromatic heterocycles. The van der Waals surface area contributed by atoms with Crippen molar-refractivity contribution in [3.63, 3.8) is 0 Å². The van der Waals surface area contributed by atoms with E-state index in [2.05, 4.69) is 0 Å². The number of nitrogens with zero attached hydrogens (tertiary/aromatic N) is 2. The highest BCUT2D eigenvalue weighted by atomic mass is 19.1. The molecule has 1 atom stereocenters. The van der Waals surface area contributed by atoms with Crippen LogP contribution in [0.3, 0.4) is 0 Å². The number of benzene rings is 1. The van der Waals surface area contributed by atoms with E-state index in [9.17, 15) is 14.0 Å². The Kier molecular flexibility index (Phi) is 4.99. The minimum absolute atomic E-state index is 0.0434. The molecule has 0 radical (unpaired) electrons. The molecule has 0 saturated carbocycles. The summed E-state index contributed by atoms with van der Waals surface area (Å²) in [5, 5.41) is 0. The van der Waals surface area contributed by atoms with Crippen LogP contribution in [0.15, 0.2) is 18.2 Å². The number of halogens is 1. The van der Waals surface area contributed by atoms with Crippen molar-refractivity contribution < 1.29 is 23.5 Å². The van der Waals surface area contributed by atoms with Gasteiger partial charge in [0.1, 0.15) is 6.04 Å². The first-order valence-corrected chi connectivity index (χ1v) is 8.13. The van der Waals surface area contributed by atoms with Crippen LogP contribution in [0, 0.1) is 5.82 Å². The third-order valence-corrected chi connectivity index (χ3v) is 4.52. The van der Waals surface area contributed by atoms with E-state index in [0.717, 1.165) is 12.5 Å². The predicted molar refractivity (Wildman–Crippen MR) is 84.4 cm³/mol. The molecule has 1 aromatic carbocycles. The number of ether oxygens (including phenoxy) is 2. The van der Waals surface area contributed by atoms with Gasteiger partial charge < -0.3 is 19.3 Å². The van der Waals surface area contributed by atoms with Crippen molar-refractivity contribution in [3.8, 4) is 5.75 Å². The van der Waals surface area contributed by atoms with E-state index in [4.69, 9.17) is 9.47 Å². The zero-order valence-electron chi connectivity index (χ0n) is 13.7. The van der Waals surface area contributed by atoms with Gasteiger partial charge in [0.2, 0.25) is 5.91 Å². The number of amides is 2. The van der Waals surface area contributed by atoms with Crippen molar-refractivity contribution in [2.24, 2.45) is 0 Å². The van der Waals surface area contributed by atoms with E-state index >= 15 is 0 Å². The van der Waals surface area contributed by atoms with Crippen molar-refractivity contribution >= 4 is 11.8 Å². The minimum Gasteiger partial charge on any atom is -0.494 e. The second-order valence-corrected chi connectivity index (χ2v) is 5.94. The highest BCUT2D eigenvalue weighted by Gasteiger charge is 2.37. The number of methoxy groups -OCH3 is 1. The van der Waals surface area contributed by atoms with Gasteiger partial charge >= 0.3 is 0 Å². The fraction of sp³-hybridized carbons (Fsp3) is 0.529. The number of morpholine rings is 1. The Bertz CT molecular complexity index is 631. The molecular formula is C17H21FN2O4. The normalized spacial score (nSPS) is 21.0. The zero-order chi connectivity index (χ0) is 17.1. The summed E-state index contributed by atoms with van der Waals surface area (Å²) >= 11 is 0. The van der Waals surface area contributed by atoms with Crippen LogP contribution in [0.2, 0.25) is 0 Å². The second kappa shape index (κ2) is 7.17. The summed E-state index contributed by atoms with van der Waals surface area (Å²) in [6.07, 6.45) is 1.41. The topological polar surface area (TPSA) is 59.1 Å². The zero-order valence-corrected chi connectivity index (χ0v) is 13.7. The van der Waals surface area contributed by atoms with E-state index in [1.54, 1.807) is 9.80 Å². The van der Waals surface area contributed by atoms with E-state index in [1.165, 1.54) is 19.2 Å². The summed E-state index contributed by atoms with van der Waals surface area (Å²) in [4.78, 5) is 28.7. The summed E-state index contributed by atoms with van der Waals surface area (Å²) < 4.78 is 24.0. The summed E-state index contributed by atoms with van der Waals surface area (Å²) in [5.74, 6) is -0.855. The molecule has 0 aliphatic carbocycles. The van der Waals surface area contributed by atoms with Crippen LogP contribution in [0.5, 0.6) is 5.75 Å². The first kappa shape index (κ1) is 16.7. The van der Waals surface area contributed by atoms with Gasteiger partial charge in [-0.2, -0.15) is 0 Å². The van der Waals surface area contributed by atoms with Crippen LogP contribution in [-0.4, -0.2) is 67.6 Å². The summed E-state index contributed by atoms with van der Waals surface area (Å²) in [7, 11) is 1.37. The van der Waals surface area contributed by atoms with Crippen LogP contribution < -0.4 is 4.74 Å². The van der Waals surface area contributed by atoms with E-state index in [1.807, 2.05) is 0 Å². The molecule has 2 aliphatic heterocycles. The van der Waals surface area contributed by atoms with Gasteiger partial charge in [0.05, 0.1) is 20.3 Å². The average Bonchev–Trinajstić information content (AvgIpc) is 3.10. The Labute approximate surface area is 140 Å². The molecule has 24 heavy (non-hydrogen) atoms. The minimum atomic E-state index is -0.585. The fourth-order valence-corrected chi connectivity index (χ4v) is 3.23. The second-order valence-electron chi connectivity index (χ2n) is 5.94. The molecule has 0 N–H and O–H groups in total. The van der Waals surface area contributed by atoms with E-state index < -0.39 is 11.9 Å². The molecule has 2 heterocycles. The molecule has 3 rings (SSSR count). The Morgan fingerprint density at radius 1 is 1.25 bits per heavy atom. The fourth-order valence-electron chi connectivity index (χ4n) is 3.23. The lowest BCUT2D eigenvalue weighted by Gasteiger charge is -2.32. The number of rotatable bonds is 3. The van der Waals surface area contributed by atoms with Crippen LogP contribution in [0.1, 0.15) is 23.2 Å². The van der Waals surface area contributed by atoms with Crippen LogP contribution >= 0.6 is 0 Å². The lowest BCUT2D eigenvalue weighted by Crippen LogP contribution is -2.51. The maximum Gasteiger partial charge on any atom is 0.254 e. The van der Waals surface area contributed by atoms with Gasteiger partial charge in [-0.3, -0.25) is 9.59 Å². The summed E-state index contributed by atoms with van der Waals surface area (Å²) in [6.45, 7) is 2.66. The van der Waals surface area contributed by atoms with Crippen LogP contribution in [0.25, 0.3) is 0 Å². The van der Waals surface area contributed by atoms with E-state index in [-0.39, 0.29) is 23.1 Å². The van der Waals surface area contributed by atoms with E-state index in [0.29, 0.717) is 39.3 Å². The lowest BCUT2D eigenvalue weighted by atomic mass is 10.1. The molecule has 0 bridgehead atoms. The number of hydrogen-bond acceptors (Lipinski definition) is 4.